The molecule has 1 atom stereocenters. The van der Waals surface area contributed by atoms with Gasteiger partial charge in [-0.2, -0.15) is 0 Å². The van der Waals surface area contributed by atoms with Crippen LogP contribution in [0.2, 0.25) is 0 Å². The predicted molar refractivity (Wildman–Crippen MR) is 81.3 cm³/mol. The van der Waals surface area contributed by atoms with Gasteiger partial charge in [-0.3, -0.25) is 4.79 Å². The molecule has 0 aliphatic heterocycles. The third-order valence-electron chi connectivity index (χ3n) is 3.15. The van der Waals surface area contributed by atoms with Gasteiger partial charge >= 0.3 is 5.97 Å². The largest absolute Gasteiger partial charge is 0.468 e. The number of hydrogen-bond donors (Lipinski definition) is 1. The van der Waals surface area contributed by atoms with Crippen LogP contribution in [0.5, 0.6) is 0 Å². The van der Waals surface area contributed by atoms with Crippen LogP contribution in [0.1, 0.15) is 25.6 Å². The number of H-pyrrole nitrogens is 1. The molecule has 1 heterocycles. The average Bonchev–Trinajstić information content (AvgIpc) is 2.87. The molecule has 1 aromatic carbocycles. The first-order valence-corrected chi connectivity index (χ1v) is 7.21. The Hall–Kier alpha value is -1.62. The smallest absolute Gasteiger partial charge is 0.316 e. The molecule has 0 aliphatic carbocycles. The first-order valence-electron chi connectivity index (χ1n) is 6.41. The Labute approximate surface area is 126 Å². The van der Waals surface area contributed by atoms with Crippen molar-refractivity contribution in [2.75, 3.05) is 7.11 Å². The number of ether oxygens (including phenoxy) is 1. The first kappa shape index (κ1) is 14.8. The van der Waals surface area contributed by atoms with Crippen molar-refractivity contribution in [2.45, 2.75) is 19.8 Å². The number of carbonyl (C=O) groups is 1. The summed E-state index contributed by atoms with van der Waals surface area (Å²) in [6, 6.07) is 7.91. The second-order valence-corrected chi connectivity index (χ2v) is 5.85. The van der Waals surface area contributed by atoms with Crippen LogP contribution in [0.25, 0.3) is 11.3 Å². The molecule has 0 saturated carbocycles. The molecule has 20 heavy (non-hydrogen) atoms. The Bertz CT molecular complexity index is 607. The number of esters is 1. The number of hydrogen-bond acceptors (Lipinski definition) is 3. The van der Waals surface area contributed by atoms with Crippen LogP contribution < -0.4 is 0 Å². The van der Waals surface area contributed by atoms with Gasteiger partial charge in [0.05, 0.1) is 19.0 Å². The fourth-order valence-corrected chi connectivity index (χ4v) is 2.52. The topological polar surface area (TPSA) is 55.0 Å². The summed E-state index contributed by atoms with van der Waals surface area (Å²) in [5.74, 6) is 0.113. The van der Waals surface area contributed by atoms with Crippen LogP contribution >= 0.6 is 15.9 Å². The standard InChI is InChI=1S/C15H17BrN2O2/c1-9(2)13(15(19)20-3)14-17-8-12(18-14)10-5-4-6-11(16)7-10/h4-9,13H,1-3H3,(H,17,18). The van der Waals surface area contributed by atoms with E-state index in [1.807, 2.05) is 38.1 Å². The number of methoxy groups -OCH3 is 1. The SMILES string of the molecule is COC(=O)C(c1ncc(-c2cccc(Br)c2)[nH]1)C(C)C. The number of aromatic nitrogens is 2. The Morgan fingerprint density at radius 2 is 2.15 bits per heavy atom. The van der Waals surface area contributed by atoms with Gasteiger partial charge in [0, 0.05) is 10.0 Å². The van der Waals surface area contributed by atoms with Crippen LogP contribution in [0.3, 0.4) is 0 Å². The maximum atomic E-state index is 11.9. The minimum absolute atomic E-state index is 0.115. The van der Waals surface area contributed by atoms with E-state index in [1.165, 1.54) is 7.11 Å². The highest BCUT2D eigenvalue weighted by Crippen LogP contribution is 2.27. The van der Waals surface area contributed by atoms with E-state index in [0.717, 1.165) is 15.7 Å². The summed E-state index contributed by atoms with van der Waals surface area (Å²) in [4.78, 5) is 19.4. The van der Waals surface area contributed by atoms with Crippen LogP contribution in [0.15, 0.2) is 34.9 Å². The molecule has 0 fully saturated rings. The van der Waals surface area contributed by atoms with Crippen LogP contribution in [-0.4, -0.2) is 23.0 Å². The summed E-state index contributed by atoms with van der Waals surface area (Å²) in [7, 11) is 1.40. The lowest BCUT2D eigenvalue weighted by molar-refractivity contribution is -0.143. The molecule has 0 radical (unpaired) electrons. The second-order valence-electron chi connectivity index (χ2n) is 4.94. The van der Waals surface area contributed by atoms with Crippen LogP contribution in [0, 0.1) is 5.92 Å². The lowest BCUT2D eigenvalue weighted by atomic mass is 9.95. The Kier molecular flexibility index (Phi) is 4.60. The molecule has 0 bridgehead atoms. The lowest BCUT2D eigenvalue weighted by Gasteiger charge is -2.15. The summed E-state index contributed by atoms with van der Waals surface area (Å²) in [6.07, 6.45) is 1.75. The molecular weight excluding hydrogens is 320 g/mol. The first-order chi connectivity index (χ1) is 9.52. The summed E-state index contributed by atoms with van der Waals surface area (Å²) < 4.78 is 5.86. The van der Waals surface area contributed by atoms with Crippen molar-refractivity contribution in [3.05, 3.63) is 40.8 Å². The summed E-state index contributed by atoms with van der Waals surface area (Å²) in [5, 5.41) is 0. The number of aromatic amines is 1. The quantitative estimate of drug-likeness (QED) is 0.865. The zero-order chi connectivity index (χ0) is 14.7. The van der Waals surface area contributed by atoms with Crippen molar-refractivity contribution in [3.8, 4) is 11.3 Å². The maximum Gasteiger partial charge on any atom is 0.316 e. The predicted octanol–water partition coefficient (Wildman–Crippen LogP) is 3.75. The van der Waals surface area contributed by atoms with E-state index in [0.29, 0.717) is 5.82 Å². The van der Waals surface area contributed by atoms with Gasteiger partial charge in [-0.25, -0.2) is 4.98 Å². The van der Waals surface area contributed by atoms with Crippen molar-refractivity contribution in [1.82, 2.24) is 9.97 Å². The van der Waals surface area contributed by atoms with E-state index in [4.69, 9.17) is 4.74 Å². The maximum absolute atomic E-state index is 11.9. The molecular formula is C15H17BrN2O2. The third-order valence-corrected chi connectivity index (χ3v) is 3.64. The monoisotopic (exact) mass is 336 g/mol. The molecule has 5 heteroatoms. The number of rotatable bonds is 4. The number of nitrogens with one attached hydrogen (secondary N) is 1. The van der Waals surface area contributed by atoms with Crippen molar-refractivity contribution in [1.29, 1.82) is 0 Å². The van der Waals surface area contributed by atoms with E-state index >= 15 is 0 Å². The lowest BCUT2D eigenvalue weighted by Crippen LogP contribution is -2.20. The van der Waals surface area contributed by atoms with Crippen molar-refractivity contribution in [3.63, 3.8) is 0 Å². The van der Waals surface area contributed by atoms with Gasteiger partial charge in [0.1, 0.15) is 11.7 Å². The fraction of sp³-hybridized carbons (Fsp3) is 0.333. The van der Waals surface area contributed by atoms with Gasteiger partial charge in [0.15, 0.2) is 0 Å². The molecule has 1 aromatic heterocycles. The number of imidazole rings is 1. The minimum Gasteiger partial charge on any atom is -0.468 e. The van der Waals surface area contributed by atoms with Crippen LogP contribution in [-0.2, 0) is 9.53 Å². The molecule has 0 aliphatic rings. The zero-order valence-corrected chi connectivity index (χ0v) is 13.3. The number of nitrogens with zero attached hydrogens (tertiary/aromatic N) is 1. The molecule has 2 aromatic rings. The number of benzene rings is 1. The van der Waals surface area contributed by atoms with Crippen molar-refractivity contribution >= 4 is 21.9 Å². The average molecular weight is 337 g/mol. The Morgan fingerprint density at radius 1 is 1.40 bits per heavy atom. The third kappa shape index (κ3) is 3.10. The van der Waals surface area contributed by atoms with Gasteiger partial charge in [-0.05, 0) is 18.1 Å². The van der Waals surface area contributed by atoms with Gasteiger partial charge < -0.3 is 9.72 Å². The van der Waals surface area contributed by atoms with Gasteiger partial charge in [0.2, 0.25) is 0 Å². The summed E-state index contributed by atoms with van der Waals surface area (Å²) in [6.45, 7) is 3.95. The van der Waals surface area contributed by atoms with E-state index in [9.17, 15) is 4.79 Å². The highest BCUT2D eigenvalue weighted by molar-refractivity contribution is 9.10. The molecule has 0 saturated heterocycles. The minimum atomic E-state index is -0.374. The molecule has 106 valence electrons. The second kappa shape index (κ2) is 6.22. The molecule has 2 rings (SSSR count). The summed E-state index contributed by atoms with van der Waals surface area (Å²) in [5.41, 5.74) is 1.90. The highest BCUT2D eigenvalue weighted by atomic mass is 79.9. The number of carbonyl (C=O) groups excluding carboxylic acids is 1. The molecule has 1 N–H and O–H groups in total. The van der Waals surface area contributed by atoms with Gasteiger partial charge in [-0.15, -0.1) is 0 Å². The van der Waals surface area contributed by atoms with Gasteiger partial charge in [0.25, 0.3) is 0 Å². The normalized spacial score (nSPS) is 12.4. The van der Waals surface area contributed by atoms with E-state index in [1.54, 1.807) is 6.20 Å². The molecule has 4 nitrogen and oxygen atoms in total. The van der Waals surface area contributed by atoms with Crippen LogP contribution in [0.4, 0.5) is 0 Å². The van der Waals surface area contributed by atoms with E-state index in [-0.39, 0.29) is 17.8 Å². The molecule has 0 spiro atoms. The van der Waals surface area contributed by atoms with Crippen molar-refractivity contribution in [2.24, 2.45) is 5.92 Å². The Balaban J connectivity index is 2.34. The van der Waals surface area contributed by atoms with E-state index < -0.39 is 0 Å². The fourth-order valence-electron chi connectivity index (χ4n) is 2.12. The highest BCUT2D eigenvalue weighted by Gasteiger charge is 2.27. The van der Waals surface area contributed by atoms with Crippen molar-refractivity contribution < 1.29 is 9.53 Å². The Morgan fingerprint density at radius 3 is 2.75 bits per heavy atom. The molecule has 0 amide bonds. The number of halogens is 1. The summed E-state index contributed by atoms with van der Waals surface area (Å²) >= 11 is 3.44. The molecule has 1 unspecified atom stereocenters. The van der Waals surface area contributed by atoms with Gasteiger partial charge in [-0.1, -0.05) is 41.9 Å². The zero-order valence-electron chi connectivity index (χ0n) is 11.7. The van der Waals surface area contributed by atoms with E-state index in [2.05, 4.69) is 25.9 Å².